The van der Waals surface area contributed by atoms with Gasteiger partial charge < -0.3 is 14.8 Å². The smallest absolute Gasteiger partial charge is 0.240 e. The number of Topliss-reactive ketones (excluding diaryl/α,β-unsaturated/α-hetero) is 1. The van der Waals surface area contributed by atoms with E-state index in [1.54, 1.807) is 43.3 Å². The lowest BCUT2D eigenvalue weighted by Gasteiger charge is -2.27. The van der Waals surface area contributed by atoms with Crippen molar-refractivity contribution in [1.29, 1.82) is 0 Å². The van der Waals surface area contributed by atoms with Crippen LogP contribution in [-0.2, 0) is 14.8 Å². The monoisotopic (exact) mass is 452 g/mol. The molecule has 3 rings (SSSR count). The molecule has 0 saturated heterocycles. The lowest BCUT2D eigenvalue weighted by molar-refractivity contribution is -0.0509. The number of para-hydroxylation sites is 1. The Hall–Kier alpha value is -2.20. The zero-order valence-electron chi connectivity index (χ0n) is 14.3. The minimum atomic E-state index is -3.92. The fraction of sp³-hybridized carbons (Fsp3) is 0.167. The molecule has 1 aliphatic rings. The molecular weight excluding hydrogens is 436 g/mol. The molecule has 1 heterocycles. The number of carbonyl (C=O) groups excluding carboxylic acids is 1. The molecule has 0 radical (unpaired) electrons. The van der Waals surface area contributed by atoms with Gasteiger partial charge in [-0.25, -0.2) is 13.6 Å². The number of primary sulfonamides is 1. The molecule has 9 heteroatoms. The van der Waals surface area contributed by atoms with Crippen molar-refractivity contribution < 1.29 is 22.7 Å². The van der Waals surface area contributed by atoms with Gasteiger partial charge in [0.25, 0.3) is 0 Å². The average molecular weight is 453 g/mol. The Balaban J connectivity index is 2.00. The van der Waals surface area contributed by atoms with Gasteiger partial charge in [0, 0.05) is 17.3 Å². The van der Waals surface area contributed by atoms with Gasteiger partial charge in [0.2, 0.25) is 22.1 Å². The van der Waals surface area contributed by atoms with Crippen LogP contribution in [-0.4, -0.2) is 27.1 Å². The molecule has 0 fully saturated rings. The second-order valence-corrected chi connectivity index (χ2v) is 8.11. The fourth-order valence-electron chi connectivity index (χ4n) is 2.62. The second kappa shape index (κ2) is 7.81. The van der Waals surface area contributed by atoms with Gasteiger partial charge in [-0.2, -0.15) is 0 Å². The van der Waals surface area contributed by atoms with Crippen molar-refractivity contribution in [3.8, 4) is 5.75 Å². The normalized spacial score (nSPS) is 18.1. The SMILES string of the molecule is CCOC1Oc2ccc(Br)cc2C(=O)/C1=C/Nc1ccccc1S(N)(=O)=O. The van der Waals surface area contributed by atoms with Crippen LogP contribution in [0.25, 0.3) is 0 Å². The summed E-state index contributed by atoms with van der Waals surface area (Å²) in [6.07, 6.45) is 0.474. The number of ether oxygens (including phenoxy) is 2. The Morgan fingerprint density at radius 2 is 2.04 bits per heavy atom. The maximum Gasteiger partial charge on any atom is 0.240 e. The summed E-state index contributed by atoms with van der Waals surface area (Å²) < 4.78 is 35.5. The number of rotatable bonds is 5. The Bertz CT molecular complexity index is 1020. The number of hydrogen-bond donors (Lipinski definition) is 2. The van der Waals surface area contributed by atoms with E-state index in [0.29, 0.717) is 17.9 Å². The van der Waals surface area contributed by atoms with Crippen molar-refractivity contribution in [3.63, 3.8) is 0 Å². The van der Waals surface area contributed by atoms with Gasteiger partial charge in [0.1, 0.15) is 10.6 Å². The first-order valence-electron chi connectivity index (χ1n) is 8.02. The van der Waals surface area contributed by atoms with E-state index in [-0.39, 0.29) is 21.9 Å². The lowest BCUT2D eigenvalue weighted by atomic mass is 10.00. The van der Waals surface area contributed by atoms with E-state index in [0.717, 1.165) is 4.47 Å². The van der Waals surface area contributed by atoms with E-state index in [1.165, 1.54) is 12.3 Å². The number of benzene rings is 2. The summed E-state index contributed by atoms with van der Waals surface area (Å²) in [5.74, 6) is 0.139. The molecule has 7 nitrogen and oxygen atoms in total. The first-order valence-corrected chi connectivity index (χ1v) is 10.4. The van der Waals surface area contributed by atoms with Gasteiger partial charge in [-0.05, 0) is 37.3 Å². The third kappa shape index (κ3) is 4.22. The molecule has 0 amide bonds. The van der Waals surface area contributed by atoms with Gasteiger partial charge in [0.15, 0.2) is 0 Å². The third-order valence-electron chi connectivity index (χ3n) is 3.83. The van der Waals surface area contributed by atoms with E-state index in [2.05, 4.69) is 21.2 Å². The highest BCUT2D eigenvalue weighted by Gasteiger charge is 2.32. The number of halogens is 1. The van der Waals surface area contributed by atoms with Gasteiger partial charge in [-0.15, -0.1) is 0 Å². The predicted octanol–water partition coefficient (Wildman–Crippen LogP) is 3.03. The Labute approximate surface area is 165 Å². The summed E-state index contributed by atoms with van der Waals surface area (Å²) in [4.78, 5) is 12.8. The van der Waals surface area contributed by atoms with Crippen LogP contribution < -0.4 is 15.2 Å². The van der Waals surface area contributed by atoms with Gasteiger partial charge in [-0.1, -0.05) is 28.1 Å². The maximum absolute atomic E-state index is 12.9. The zero-order valence-corrected chi connectivity index (χ0v) is 16.7. The molecule has 2 aromatic carbocycles. The van der Waals surface area contributed by atoms with Gasteiger partial charge in [0.05, 0.1) is 16.8 Å². The van der Waals surface area contributed by atoms with Crippen LogP contribution >= 0.6 is 15.9 Å². The quantitative estimate of drug-likeness (QED) is 0.674. The number of sulfonamides is 1. The Morgan fingerprint density at radius 1 is 1.30 bits per heavy atom. The number of nitrogens with one attached hydrogen (secondary N) is 1. The van der Waals surface area contributed by atoms with E-state index >= 15 is 0 Å². The average Bonchev–Trinajstić information content (AvgIpc) is 2.62. The number of ketones is 1. The minimum Gasteiger partial charge on any atom is -0.460 e. The van der Waals surface area contributed by atoms with Gasteiger partial charge in [-0.3, -0.25) is 4.79 Å². The van der Waals surface area contributed by atoms with Crippen LogP contribution in [0.15, 0.2) is 63.6 Å². The lowest BCUT2D eigenvalue weighted by Crippen LogP contribution is -2.33. The molecule has 1 unspecified atom stereocenters. The number of hydrogen-bond acceptors (Lipinski definition) is 6. The highest BCUT2D eigenvalue weighted by atomic mass is 79.9. The van der Waals surface area contributed by atoms with Crippen LogP contribution in [0, 0.1) is 0 Å². The molecule has 0 aliphatic carbocycles. The first-order chi connectivity index (χ1) is 12.8. The fourth-order valence-corrected chi connectivity index (χ4v) is 3.68. The van der Waals surface area contributed by atoms with Crippen LogP contribution in [0.2, 0.25) is 0 Å². The van der Waals surface area contributed by atoms with Crippen LogP contribution in [0.5, 0.6) is 5.75 Å². The molecule has 0 spiro atoms. The topological polar surface area (TPSA) is 108 Å². The molecule has 2 aromatic rings. The molecule has 1 aliphatic heterocycles. The molecule has 0 aromatic heterocycles. The molecule has 27 heavy (non-hydrogen) atoms. The third-order valence-corrected chi connectivity index (χ3v) is 5.29. The molecule has 1 atom stereocenters. The first kappa shape index (κ1) is 19.6. The highest BCUT2D eigenvalue weighted by molar-refractivity contribution is 9.10. The van der Waals surface area contributed by atoms with Crippen LogP contribution in [0.3, 0.4) is 0 Å². The van der Waals surface area contributed by atoms with E-state index in [1.807, 2.05) is 0 Å². The summed E-state index contributed by atoms with van der Waals surface area (Å²) in [7, 11) is -3.92. The highest BCUT2D eigenvalue weighted by Crippen LogP contribution is 2.33. The second-order valence-electron chi connectivity index (χ2n) is 5.66. The van der Waals surface area contributed by atoms with Crippen molar-refractivity contribution in [2.75, 3.05) is 11.9 Å². The standard InChI is InChI=1S/C18H17BrN2O5S/c1-2-25-18-13(17(22)12-9-11(19)7-8-15(12)26-18)10-21-14-5-3-4-6-16(14)27(20,23)24/h3-10,18,21H,2H2,1H3,(H2,20,23,24)/b13-10-. The molecule has 0 bridgehead atoms. The predicted molar refractivity (Wildman–Crippen MR) is 104 cm³/mol. The van der Waals surface area contributed by atoms with E-state index < -0.39 is 16.3 Å². The Morgan fingerprint density at radius 3 is 2.74 bits per heavy atom. The molecule has 3 N–H and O–H groups in total. The maximum atomic E-state index is 12.9. The summed E-state index contributed by atoms with van der Waals surface area (Å²) in [5, 5.41) is 8.08. The van der Waals surface area contributed by atoms with E-state index in [9.17, 15) is 13.2 Å². The van der Waals surface area contributed by atoms with Crippen molar-refractivity contribution in [2.24, 2.45) is 5.14 Å². The Kier molecular flexibility index (Phi) is 5.66. The van der Waals surface area contributed by atoms with Crippen LogP contribution in [0.4, 0.5) is 5.69 Å². The molecule has 142 valence electrons. The van der Waals surface area contributed by atoms with E-state index in [4.69, 9.17) is 14.6 Å². The van der Waals surface area contributed by atoms with Gasteiger partial charge >= 0.3 is 0 Å². The molecule has 0 saturated carbocycles. The van der Waals surface area contributed by atoms with Crippen LogP contribution in [0.1, 0.15) is 17.3 Å². The summed E-state index contributed by atoms with van der Waals surface area (Å²) in [6.45, 7) is 2.11. The molecular formula is C18H17BrN2O5S. The number of carbonyl (C=O) groups is 1. The number of anilines is 1. The van der Waals surface area contributed by atoms with Crippen molar-refractivity contribution in [2.45, 2.75) is 18.1 Å². The zero-order chi connectivity index (χ0) is 19.6. The summed E-state index contributed by atoms with van der Waals surface area (Å²) in [5.41, 5.74) is 0.843. The van der Waals surface area contributed by atoms with Crippen molar-refractivity contribution in [1.82, 2.24) is 0 Å². The minimum absolute atomic E-state index is 0.0814. The number of fused-ring (bicyclic) bond motifs is 1. The van der Waals surface area contributed by atoms with Crippen molar-refractivity contribution >= 4 is 37.4 Å². The van der Waals surface area contributed by atoms with Crippen molar-refractivity contribution in [3.05, 3.63) is 64.3 Å². The largest absolute Gasteiger partial charge is 0.460 e. The number of nitrogens with two attached hydrogens (primary N) is 1. The summed E-state index contributed by atoms with van der Waals surface area (Å²) in [6, 6.07) is 11.2. The summed E-state index contributed by atoms with van der Waals surface area (Å²) >= 11 is 3.34.